The van der Waals surface area contributed by atoms with Crippen LogP contribution in [-0.2, 0) is 0 Å². The molecule has 3 heteroatoms. The van der Waals surface area contributed by atoms with Crippen molar-refractivity contribution in [2.45, 2.75) is 39.7 Å². The number of hydrogen-bond donors (Lipinski definition) is 1. The Bertz CT molecular complexity index is 543. The predicted octanol–water partition coefficient (Wildman–Crippen LogP) is 3.93. The first-order chi connectivity index (χ1) is 8.49. The molecule has 0 fully saturated rings. The zero-order valence-electron chi connectivity index (χ0n) is 11.4. The van der Waals surface area contributed by atoms with Crippen LogP contribution in [0.25, 0.3) is 0 Å². The van der Waals surface area contributed by atoms with Gasteiger partial charge in [-0.05, 0) is 36.5 Å². The van der Waals surface area contributed by atoms with Crippen molar-refractivity contribution < 1.29 is 0 Å². The van der Waals surface area contributed by atoms with Gasteiger partial charge < -0.3 is 5.73 Å². The molecule has 1 atom stereocenters. The van der Waals surface area contributed by atoms with E-state index in [-0.39, 0.29) is 6.04 Å². The summed E-state index contributed by atoms with van der Waals surface area (Å²) in [5.74, 6) is 0.460. The van der Waals surface area contributed by atoms with Gasteiger partial charge in [-0.15, -0.1) is 11.3 Å². The fourth-order valence-electron chi connectivity index (χ4n) is 1.81. The van der Waals surface area contributed by atoms with Crippen LogP contribution in [0.2, 0.25) is 0 Å². The predicted molar refractivity (Wildman–Crippen MR) is 78.1 cm³/mol. The van der Waals surface area contributed by atoms with Gasteiger partial charge in [0, 0.05) is 5.38 Å². The smallest absolute Gasteiger partial charge is 0.114 e. The molecule has 2 aromatic rings. The lowest BCUT2D eigenvalue weighted by Crippen LogP contribution is -2.12. The molecule has 1 aromatic heterocycles. The van der Waals surface area contributed by atoms with Crippen molar-refractivity contribution in [1.29, 1.82) is 0 Å². The van der Waals surface area contributed by atoms with Crippen molar-refractivity contribution in [3.8, 4) is 0 Å². The topological polar surface area (TPSA) is 38.9 Å². The molecule has 2 nitrogen and oxygen atoms in total. The van der Waals surface area contributed by atoms with Crippen LogP contribution in [0.3, 0.4) is 0 Å². The van der Waals surface area contributed by atoms with Crippen LogP contribution in [0, 0.1) is 13.8 Å². The van der Waals surface area contributed by atoms with E-state index in [4.69, 9.17) is 5.73 Å². The molecule has 0 spiro atoms. The van der Waals surface area contributed by atoms with Crippen molar-refractivity contribution in [2.75, 3.05) is 0 Å². The van der Waals surface area contributed by atoms with Crippen LogP contribution in [0.4, 0.5) is 0 Å². The molecule has 1 unspecified atom stereocenters. The second-order valence-electron chi connectivity index (χ2n) is 5.09. The Morgan fingerprint density at radius 3 is 2.44 bits per heavy atom. The summed E-state index contributed by atoms with van der Waals surface area (Å²) in [5.41, 5.74) is 11.2. The van der Waals surface area contributed by atoms with E-state index in [1.54, 1.807) is 11.3 Å². The minimum atomic E-state index is -0.109. The van der Waals surface area contributed by atoms with Crippen molar-refractivity contribution in [2.24, 2.45) is 5.73 Å². The molecule has 0 aliphatic rings. The molecule has 2 rings (SSSR count). The van der Waals surface area contributed by atoms with E-state index in [0.29, 0.717) is 5.92 Å². The molecule has 0 amide bonds. The standard InChI is InChI=1S/C15H20N2S/c1-9(2)13-8-18-15(17-13)14(16)12-6-5-10(3)11(4)7-12/h5-9,14H,16H2,1-4H3. The van der Waals surface area contributed by atoms with E-state index < -0.39 is 0 Å². The third-order valence-electron chi connectivity index (χ3n) is 3.29. The highest BCUT2D eigenvalue weighted by molar-refractivity contribution is 7.09. The van der Waals surface area contributed by atoms with Crippen molar-refractivity contribution in [3.05, 3.63) is 51.0 Å². The number of nitrogens with zero attached hydrogens (tertiary/aromatic N) is 1. The molecule has 0 saturated heterocycles. The van der Waals surface area contributed by atoms with Gasteiger partial charge in [0.05, 0.1) is 11.7 Å². The molecular formula is C15H20N2S. The highest BCUT2D eigenvalue weighted by Gasteiger charge is 2.14. The Balaban J connectivity index is 2.29. The number of hydrogen-bond acceptors (Lipinski definition) is 3. The lowest BCUT2D eigenvalue weighted by molar-refractivity contribution is 0.795. The van der Waals surface area contributed by atoms with E-state index in [9.17, 15) is 0 Å². The minimum Gasteiger partial charge on any atom is -0.318 e. The third kappa shape index (κ3) is 2.62. The van der Waals surface area contributed by atoms with Crippen LogP contribution in [0.15, 0.2) is 23.6 Å². The number of thiazole rings is 1. The average Bonchev–Trinajstić information content (AvgIpc) is 2.81. The summed E-state index contributed by atoms with van der Waals surface area (Å²) in [6, 6.07) is 6.28. The third-order valence-corrected chi connectivity index (χ3v) is 4.23. The van der Waals surface area contributed by atoms with Gasteiger partial charge in [0.25, 0.3) is 0 Å². The number of aryl methyl sites for hydroxylation is 2. The van der Waals surface area contributed by atoms with Crippen molar-refractivity contribution >= 4 is 11.3 Å². The van der Waals surface area contributed by atoms with E-state index in [0.717, 1.165) is 16.3 Å². The van der Waals surface area contributed by atoms with Gasteiger partial charge in [0.1, 0.15) is 5.01 Å². The van der Waals surface area contributed by atoms with Crippen LogP contribution in [-0.4, -0.2) is 4.98 Å². The van der Waals surface area contributed by atoms with Gasteiger partial charge in [-0.3, -0.25) is 0 Å². The highest BCUT2D eigenvalue weighted by atomic mass is 32.1. The Kier molecular flexibility index (Phi) is 3.83. The molecule has 1 aromatic carbocycles. The number of rotatable bonds is 3. The largest absolute Gasteiger partial charge is 0.318 e. The highest BCUT2D eigenvalue weighted by Crippen LogP contribution is 2.26. The Hall–Kier alpha value is -1.19. The molecule has 0 bridgehead atoms. The van der Waals surface area contributed by atoms with E-state index >= 15 is 0 Å². The van der Waals surface area contributed by atoms with Gasteiger partial charge in [-0.1, -0.05) is 32.0 Å². The molecule has 96 valence electrons. The second-order valence-corrected chi connectivity index (χ2v) is 5.98. The number of benzene rings is 1. The quantitative estimate of drug-likeness (QED) is 0.908. The number of nitrogens with two attached hydrogens (primary N) is 1. The Morgan fingerprint density at radius 1 is 1.17 bits per heavy atom. The summed E-state index contributed by atoms with van der Waals surface area (Å²) in [6.07, 6.45) is 0. The fourth-order valence-corrected chi connectivity index (χ4v) is 2.82. The maximum absolute atomic E-state index is 6.30. The monoisotopic (exact) mass is 260 g/mol. The van der Waals surface area contributed by atoms with E-state index in [1.807, 2.05) is 0 Å². The van der Waals surface area contributed by atoms with Gasteiger partial charge in [0.15, 0.2) is 0 Å². The van der Waals surface area contributed by atoms with Crippen LogP contribution in [0.1, 0.15) is 53.2 Å². The first kappa shape index (κ1) is 13.2. The van der Waals surface area contributed by atoms with Crippen molar-refractivity contribution in [1.82, 2.24) is 4.98 Å². The fraction of sp³-hybridized carbons (Fsp3) is 0.400. The zero-order chi connectivity index (χ0) is 13.3. The van der Waals surface area contributed by atoms with E-state index in [2.05, 4.69) is 56.3 Å². The van der Waals surface area contributed by atoms with E-state index in [1.165, 1.54) is 11.1 Å². The summed E-state index contributed by atoms with van der Waals surface area (Å²) in [5, 5.41) is 3.11. The molecule has 0 aliphatic heterocycles. The SMILES string of the molecule is Cc1ccc(C(N)c2nc(C(C)C)cs2)cc1C. The maximum atomic E-state index is 6.30. The summed E-state index contributed by atoms with van der Waals surface area (Å²) in [6.45, 7) is 8.54. The lowest BCUT2D eigenvalue weighted by atomic mass is 10.0. The Morgan fingerprint density at radius 2 is 1.89 bits per heavy atom. The summed E-state index contributed by atoms with van der Waals surface area (Å²) < 4.78 is 0. The molecule has 0 radical (unpaired) electrons. The Labute approximate surface area is 113 Å². The molecule has 2 N–H and O–H groups in total. The number of aromatic nitrogens is 1. The van der Waals surface area contributed by atoms with Crippen LogP contribution >= 0.6 is 11.3 Å². The summed E-state index contributed by atoms with van der Waals surface area (Å²) >= 11 is 1.65. The molecule has 18 heavy (non-hydrogen) atoms. The van der Waals surface area contributed by atoms with Crippen molar-refractivity contribution in [3.63, 3.8) is 0 Å². The molecule has 1 heterocycles. The minimum absolute atomic E-state index is 0.109. The van der Waals surface area contributed by atoms with Gasteiger partial charge in [-0.25, -0.2) is 4.98 Å². The van der Waals surface area contributed by atoms with Gasteiger partial charge in [0.2, 0.25) is 0 Å². The second kappa shape index (κ2) is 5.21. The van der Waals surface area contributed by atoms with Gasteiger partial charge in [-0.2, -0.15) is 0 Å². The molecule has 0 saturated carbocycles. The first-order valence-corrected chi connectivity index (χ1v) is 7.15. The molecular weight excluding hydrogens is 240 g/mol. The summed E-state index contributed by atoms with van der Waals surface area (Å²) in [4.78, 5) is 4.63. The first-order valence-electron chi connectivity index (χ1n) is 6.27. The average molecular weight is 260 g/mol. The lowest BCUT2D eigenvalue weighted by Gasteiger charge is -2.11. The van der Waals surface area contributed by atoms with Gasteiger partial charge >= 0.3 is 0 Å². The maximum Gasteiger partial charge on any atom is 0.114 e. The van der Waals surface area contributed by atoms with Crippen LogP contribution < -0.4 is 5.73 Å². The normalized spacial score (nSPS) is 13.0. The van der Waals surface area contributed by atoms with Crippen LogP contribution in [0.5, 0.6) is 0 Å². The summed E-state index contributed by atoms with van der Waals surface area (Å²) in [7, 11) is 0. The zero-order valence-corrected chi connectivity index (χ0v) is 12.2. The molecule has 0 aliphatic carbocycles.